The Labute approximate surface area is 205 Å². The summed E-state index contributed by atoms with van der Waals surface area (Å²) in [5.41, 5.74) is 4.08. The molecule has 5 nitrogen and oxygen atoms in total. The number of hydrogen-bond donors (Lipinski definition) is 1. The van der Waals surface area contributed by atoms with Gasteiger partial charge in [0.25, 0.3) is 5.91 Å². The second kappa shape index (κ2) is 11.5. The molecule has 0 bridgehead atoms. The zero-order valence-electron chi connectivity index (χ0n) is 20.4. The topological polar surface area (TPSA) is 58.1 Å². The van der Waals surface area contributed by atoms with E-state index in [0.29, 0.717) is 17.2 Å². The van der Waals surface area contributed by atoms with Crippen molar-refractivity contribution in [3.63, 3.8) is 0 Å². The van der Waals surface area contributed by atoms with E-state index in [1.54, 1.807) is 18.3 Å². The standard InChI is InChI=1S/C27H35F3N4O/c1-19-24(3-2-15-31-19)26(35)33-22-7-4-20(5-8-22)11-16-34-17-12-21-6-9-23(10-14-27(28,29)30)32-25(21)13-18-34/h2-3,6,9,15,20,22H,4-5,7-8,10-14,16-18H2,1H3,(H,33,35)/t20-,22-. The molecule has 1 N–H and O–H groups in total. The number of aromatic nitrogens is 2. The lowest BCUT2D eigenvalue weighted by Crippen LogP contribution is -2.38. The zero-order valence-corrected chi connectivity index (χ0v) is 20.4. The van der Waals surface area contributed by atoms with Crippen LogP contribution in [0.25, 0.3) is 0 Å². The molecule has 2 aliphatic rings. The fourth-order valence-corrected chi connectivity index (χ4v) is 5.25. The molecule has 0 aromatic carbocycles. The zero-order chi connectivity index (χ0) is 24.8. The minimum atomic E-state index is -4.14. The number of hydrogen-bond acceptors (Lipinski definition) is 4. The van der Waals surface area contributed by atoms with Crippen LogP contribution in [-0.4, -0.2) is 52.6 Å². The highest BCUT2D eigenvalue weighted by atomic mass is 19.4. The molecule has 0 unspecified atom stereocenters. The van der Waals surface area contributed by atoms with Gasteiger partial charge in [0.15, 0.2) is 0 Å². The molecule has 0 radical (unpaired) electrons. The van der Waals surface area contributed by atoms with Crippen molar-refractivity contribution in [3.8, 4) is 0 Å². The molecular formula is C27H35F3N4O. The van der Waals surface area contributed by atoms with Gasteiger partial charge in [-0.05, 0) is 88.1 Å². The van der Waals surface area contributed by atoms with E-state index in [9.17, 15) is 18.0 Å². The van der Waals surface area contributed by atoms with Gasteiger partial charge in [0.05, 0.1) is 5.56 Å². The number of nitrogens with zero attached hydrogens (tertiary/aromatic N) is 3. The van der Waals surface area contributed by atoms with Crippen molar-refractivity contribution in [3.05, 3.63) is 58.7 Å². The number of carbonyl (C=O) groups is 1. The Balaban J connectivity index is 1.19. The highest BCUT2D eigenvalue weighted by Crippen LogP contribution is 2.28. The van der Waals surface area contributed by atoms with Gasteiger partial charge >= 0.3 is 6.18 Å². The number of carbonyl (C=O) groups excluding carboxylic acids is 1. The molecule has 1 aliphatic carbocycles. The lowest BCUT2D eigenvalue weighted by atomic mass is 9.84. The van der Waals surface area contributed by atoms with E-state index in [4.69, 9.17) is 0 Å². The van der Waals surface area contributed by atoms with Gasteiger partial charge in [-0.3, -0.25) is 14.8 Å². The fourth-order valence-electron chi connectivity index (χ4n) is 5.25. The van der Waals surface area contributed by atoms with E-state index in [-0.39, 0.29) is 18.4 Å². The minimum Gasteiger partial charge on any atom is -0.349 e. The number of pyridine rings is 2. The Morgan fingerprint density at radius 3 is 2.63 bits per heavy atom. The maximum Gasteiger partial charge on any atom is 0.389 e. The van der Waals surface area contributed by atoms with E-state index in [2.05, 4.69) is 20.2 Å². The van der Waals surface area contributed by atoms with Crippen molar-refractivity contribution >= 4 is 5.91 Å². The second-order valence-corrected chi connectivity index (χ2v) is 9.98. The molecule has 1 saturated carbocycles. The minimum absolute atomic E-state index is 0.0293. The Morgan fingerprint density at radius 1 is 1.11 bits per heavy atom. The molecule has 0 saturated heterocycles. The van der Waals surface area contributed by atoms with Crippen LogP contribution in [0.1, 0.15) is 71.5 Å². The van der Waals surface area contributed by atoms with E-state index in [0.717, 1.165) is 76.0 Å². The predicted octanol–water partition coefficient (Wildman–Crippen LogP) is 5.06. The summed E-state index contributed by atoms with van der Waals surface area (Å²) in [5.74, 6) is 0.638. The van der Waals surface area contributed by atoms with Crippen molar-refractivity contribution in [1.29, 1.82) is 0 Å². The molecule has 1 aliphatic heterocycles. The van der Waals surface area contributed by atoms with Gasteiger partial charge in [-0.15, -0.1) is 0 Å². The summed E-state index contributed by atoms with van der Waals surface area (Å²) in [5, 5.41) is 3.18. The quantitative estimate of drug-likeness (QED) is 0.592. The molecule has 0 atom stereocenters. The van der Waals surface area contributed by atoms with Crippen LogP contribution in [-0.2, 0) is 19.3 Å². The van der Waals surface area contributed by atoms with Gasteiger partial charge in [-0.1, -0.05) is 6.07 Å². The van der Waals surface area contributed by atoms with Crippen molar-refractivity contribution in [2.24, 2.45) is 5.92 Å². The monoisotopic (exact) mass is 488 g/mol. The Morgan fingerprint density at radius 2 is 1.89 bits per heavy atom. The van der Waals surface area contributed by atoms with Crippen LogP contribution in [0.4, 0.5) is 13.2 Å². The predicted molar refractivity (Wildman–Crippen MR) is 129 cm³/mol. The molecule has 2 aromatic heterocycles. The lowest BCUT2D eigenvalue weighted by Gasteiger charge is -2.30. The van der Waals surface area contributed by atoms with E-state index >= 15 is 0 Å². The molecule has 0 spiro atoms. The number of nitrogens with one attached hydrogen (secondary N) is 1. The first-order chi connectivity index (χ1) is 16.8. The molecule has 4 rings (SSSR count). The van der Waals surface area contributed by atoms with E-state index in [1.807, 2.05) is 19.1 Å². The Bertz CT molecular complexity index is 1000. The SMILES string of the molecule is Cc1ncccc1C(=O)N[C@H]1CC[C@H](CCN2CCc3ccc(CCC(F)(F)F)nc3CC2)CC1. The normalized spacial score (nSPS) is 21.3. The first-order valence-electron chi connectivity index (χ1n) is 12.8. The summed E-state index contributed by atoms with van der Waals surface area (Å²) in [6.45, 7) is 4.76. The fraction of sp³-hybridized carbons (Fsp3) is 0.593. The van der Waals surface area contributed by atoms with Crippen molar-refractivity contribution in [2.75, 3.05) is 19.6 Å². The second-order valence-electron chi connectivity index (χ2n) is 9.98. The highest BCUT2D eigenvalue weighted by molar-refractivity contribution is 5.95. The van der Waals surface area contributed by atoms with Crippen LogP contribution < -0.4 is 5.32 Å². The maximum atomic E-state index is 12.6. The number of fused-ring (bicyclic) bond motifs is 1. The van der Waals surface area contributed by atoms with E-state index < -0.39 is 12.6 Å². The molecule has 1 amide bonds. The summed E-state index contributed by atoms with van der Waals surface area (Å²) in [7, 11) is 0. The molecule has 8 heteroatoms. The van der Waals surface area contributed by atoms with E-state index in [1.165, 1.54) is 5.56 Å². The smallest absolute Gasteiger partial charge is 0.349 e. The number of halogens is 3. The molecule has 2 aromatic rings. The van der Waals surface area contributed by atoms with Crippen LogP contribution in [0, 0.1) is 12.8 Å². The number of aryl methyl sites for hydroxylation is 2. The average Bonchev–Trinajstić information content (AvgIpc) is 3.04. The number of alkyl halides is 3. The van der Waals surface area contributed by atoms with Gasteiger partial charge in [0, 0.05) is 55.3 Å². The van der Waals surface area contributed by atoms with Crippen molar-refractivity contribution < 1.29 is 18.0 Å². The summed E-state index contributed by atoms with van der Waals surface area (Å²) < 4.78 is 37.6. The third-order valence-corrected chi connectivity index (χ3v) is 7.44. The van der Waals surface area contributed by atoms with Gasteiger partial charge in [-0.25, -0.2) is 0 Å². The first-order valence-corrected chi connectivity index (χ1v) is 12.8. The van der Waals surface area contributed by atoms with Gasteiger partial charge < -0.3 is 10.2 Å². The highest BCUT2D eigenvalue weighted by Gasteiger charge is 2.27. The van der Waals surface area contributed by atoms with Crippen LogP contribution >= 0.6 is 0 Å². The van der Waals surface area contributed by atoms with Crippen LogP contribution in [0.15, 0.2) is 30.5 Å². The molecule has 1 fully saturated rings. The van der Waals surface area contributed by atoms with Crippen LogP contribution in [0.2, 0.25) is 0 Å². The third-order valence-electron chi connectivity index (χ3n) is 7.44. The number of rotatable bonds is 7. The summed E-state index contributed by atoms with van der Waals surface area (Å²) >= 11 is 0. The average molecular weight is 489 g/mol. The van der Waals surface area contributed by atoms with Crippen LogP contribution in [0.5, 0.6) is 0 Å². The largest absolute Gasteiger partial charge is 0.389 e. The number of amides is 1. The molecular weight excluding hydrogens is 453 g/mol. The van der Waals surface area contributed by atoms with Gasteiger partial charge in [-0.2, -0.15) is 13.2 Å². The van der Waals surface area contributed by atoms with Crippen molar-refractivity contribution in [1.82, 2.24) is 20.2 Å². The Kier molecular flexibility index (Phi) is 8.42. The summed E-state index contributed by atoms with van der Waals surface area (Å²) in [4.78, 5) is 23.8. The van der Waals surface area contributed by atoms with Gasteiger partial charge in [0.1, 0.15) is 0 Å². The third kappa shape index (κ3) is 7.50. The summed E-state index contributed by atoms with van der Waals surface area (Å²) in [6, 6.07) is 7.57. The Hall–Kier alpha value is -2.48. The van der Waals surface area contributed by atoms with Crippen LogP contribution in [0.3, 0.4) is 0 Å². The molecule has 3 heterocycles. The summed E-state index contributed by atoms with van der Waals surface area (Å²) in [6.07, 6.45) is 3.77. The molecule has 190 valence electrons. The van der Waals surface area contributed by atoms with Crippen molar-refractivity contribution in [2.45, 2.75) is 76.9 Å². The molecule has 35 heavy (non-hydrogen) atoms. The lowest BCUT2D eigenvalue weighted by molar-refractivity contribution is -0.134. The first kappa shape index (κ1) is 25.6. The van der Waals surface area contributed by atoms with Gasteiger partial charge in [0.2, 0.25) is 0 Å². The maximum absolute atomic E-state index is 12.6.